The van der Waals surface area contributed by atoms with Crippen molar-refractivity contribution in [2.45, 2.75) is 23.8 Å². The highest BCUT2D eigenvalue weighted by molar-refractivity contribution is 7.89. The van der Waals surface area contributed by atoms with E-state index in [1.807, 2.05) is 0 Å². The lowest BCUT2D eigenvalue weighted by atomic mass is 10.2. The molecule has 1 unspecified atom stereocenters. The number of halogens is 2. The molecule has 1 aromatic heterocycles. The number of likely N-dealkylation sites (N-methyl/N-ethyl adjacent to an activating group) is 1. The van der Waals surface area contributed by atoms with Gasteiger partial charge in [-0.2, -0.15) is 4.31 Å². The number of carbonyl (C=O) groups is 1. The number of hydrogen-bond acceptors (Lipinski definition) is 6. The van der Waals surface area contributed by atoms with Crippen LogP contribution in [0, 0.1) is 11.6 Å². The Morgan fingerprint density at radius 3 is 2.64 bits per heavy atom. The summed E-state index contributed by atoms with van der Waals surface area (Å²) in [5, 5.41) is 4.51. The van der Waals surface area contributed by atoms with Crippen LogP contribution in [0.4, 0.5) is 13.9 Å². The van der Waals surface area contributed by atoms with Crippen molar-refractivity contribution in [3.8, 4) is 11.3 Å². The number of carbonyl (C=O) groups excluding carboxylic acids is 1. The normalized spacial score (nSPS) is 16.3. The Balaban J connectivity index is 1.42. The Bertz CT molecular complexity index is 1260. The lowest BCUT2D eigenvalue weighted by Gasteiger charge is -2.20. The van der Waals surface area contributed by atoms with Gasteiger partial charge in [0.2, 0.25) is 10.0 Å². The van der Waals surface area contributed by atoms with Crippen LogP contribution in [0.3, 0.4) is 0 Å². The third kappa shape index (κ3) is 5.27. The summed E-state index contributed by atoms with van der Waals surface area (Å²) in [4.78, 5) is 16.9. The number of rotatable bonds is 7. The van der Waals surface area contributed by atoms with Gasteiger partial charge in [-0.1, -0.05) is 0 Å². The first-order valence-corrected chi connectivity index (χ1v) is 12.5. The van der Waals surface area contributed by atoms with Crippen molar-refractivity contribution in [3.05, 3.63) is 65.0 Å². The fourth-order valence-electron chi connectivity index (χ4n) is 3.42. The predicted molar refractivity (Wildman–Crippen MR) is 121 cm³/mol. The van der Waals surface area contributed by atoms with Crippen molar-refractivity contribution in [2.24, 2.45) is 0 Å². The number of nitrogens with zero attached hydrogens (tertiary/aromatic N) is 2. The number of amides is 1. The summed E-state index contributed by atoms with van der Waals surface area (Å²) in [5.74, 6) is -2.41. The Morgan fingerprint density at radius 1 is 1.21 bits per heavy atom. The van der Waals surface area contributed by atoms with Crippen molar-refractivity contribution in [3.63, 3.8) is 0 Å². The van der Waals surface area contributed by atoms with Crippen molar-refractivity contribution in [1.29, 1.82) is 0 Å². The number of sulfonamides is 1. The molecule has 1 saturated heterocycles. The highest BCUT2D eigenvalue weighted by atomic mass is 32.2. The molecule has 2 aromatic carbocycles. The predicted octanol–water partition coefficient (Wildman–Crippen LogP) is 4.14. The molecule has 0 aliphatic carbocycles. The minimum Gasteiger partial charge on any atom is -0.377 e. The summed E-state index contributed by atoms with van der Waals surface area (Å²) in [7, 11) is -2.20. The topological polar surface area (TPSA) is 88.6 Å². The molecule has 4 rings (SSSR count). The van der Waals surface area contributed by atoms with Crippen molar-refractivity contribution in [1.82, 2.24) is 9.29 Å². The molecule has 0 radical (unpaired) electrons. The molecule has 33 heavy (non-hydrogen) atoms. The highest BCUT2D eigenvalue weighted by Gasteiger charge is 2.26. The highest BCUT2D eigenvalue weighted by Crippen LogP contribution is 2.27. The SMILES string of the molecule is CN(CC1CCCO1)S(=O)(=O)c1ccc(C(=O)Nc2nc(-c3ccc(F)c(F)c3)cs2)cc1. The van der Waals surface area contributed by atoms with E-state index in [9.17, 15) is 22.0 Å². The fourth-order valence-corrected chi connectivity index (χ4v) is 5.34. The maximum atomic E-state index is 13.4. The molecule has 174 valence electrons. The minimum absolute atomic E-state index is 0.0782. The Labute approximate surface area is 194 Å². The summed E-state index contributed by atoms with van der Waals surface area (Å²) in [6, 6.07) is 9.04. The van der Waals surface area contributed by atoms with Gasteiger partial charge in [-0.25, -0.2) is 22.2 Å². The number of aromatic nitrogens is 1. The lowest BCUT2D eigenvalue weighted by Crippen LogP contribution is -2.34. The quantitative estimate of drug-likeness (QED) is 0.535. The van der Waals surface area contributed by atoms with E-state index >= 15 is 0 Å². The van der Waals surface area contributed by atoms with E-state index in [-0.39, 0.29) is 28.2 Å². The van der Waals surface area contributed by atoms with Crippen molar-refractivity contribution in [2.75, 3.05) is 25.5 Å². The summed E-state index contributed by atoms with van der Waals surface area (Å²) in [6.07, 6.45) is 1.64. The van der Waals surface area contributed by atoms with Gasteiger partial charge in [-0.15, -0.1) is 11.3 Å². The van der Waals surface area contributed by atoms with Crippen LogP contribution in [0.15, 0.2) is 52.7 Å². The van der Waals surface area contributed by atoms with E-state index < -0.39 is 27.6 Å². The average Bonchev–Trinajstić information content (AvgIpc) is 3.48. The van der Waals surface area contributed by atoms with Gasteiger partial charge in [0, 0.05) is 36.7 Å². The number of hydrogen-bond donors (Lipinski definition) is 1. The van der Waals surface area contributed by atoms with E-state index in [0.717, 1.165) is 36.3 Å². The van der Waals surface area contributed by atoms with Crippen LogP contribution in [0.1, 0.15) is 23.2 Å². The summed E-state index contributed by atoms with van der Waals surface area (Å²) in [5.41, 5.74) is 1.03. The van der Waals surface area contributed by atoms with Gasteiger partial charge in [0.15, 0.2) is 16.8 Å². The molecule has 7 nitrogen and oxygen atoms in total. The summed E-state index contributed by atoms with van der Waals surface area (Å²) in [6.45, 7) is 0.915. The molecule has 1 atom stereocenters. The number of thiazole rings is 1. The Morgan fingerprint density at radius 2 is 1.97 bits per heavy atom. The molecule has 1 amide bonds. The van der Waals surface area contributed by atoms with E-state index in [0.29, 0.717) is 17.9 Å². The monoisotopic (exact) mass is 493 g/mol. The first-order chi connectivity index (χ1) is 15.7. The molecular weight excluding hydrogens is 472 g/mol. The van der Waals surface area contributed by atoms with Gasteiger partial charge >= 0.3 is 0 Å². The van der Waals surface area contributed by atoms with E-state index in [2.05, 4.69) is 10.3 Å². The molecule has 11 heteroatoms. The first-order valence-electron chi connectivity index (χ1n) is 10.1. The van der Waals surface area contributed by atoms with Gasteiger partial charge in [0.1, 0.15) is 0 Å². The van der Waals surface area contributed by atoms with Gasteiger partial charge in [0.25, 0.3) is 5.91 Å². The molecule has 1 N–H and O–H groups in total. The largest absolute Gasteiger partial charge is 0.377 e. The molecule has 0 bridgehead atoms. The zero-order valence-electron chi connectivity index (χ0n) is 17.6. The maximum Gasteiger partial charge on any atom is 0.257 e. The van der Waals surface area contributed by atoms with E-state index in [1.165, 1.54) is 41.7 Å². The van der Waals surface area contributed by atoms with Gasteiger partial charge < -0.3 is 4.74 Å². The van der Waals surface area contributed by atoms with Gasteiger partial charge in [0.05, 0.1) is 16.7 Å². The Hall–Kier alpha value is -2.73. The molecule has 1 fully saturated rings. The molecular formula is C22H21F2N3O4S2. The second-order valence-electron chi connectivity index (χ2n) is 7.57. The molecule has 1 aliphatic rings. The first kappa shape index (κ1) is 23.4. The smallest absolute Gasteiger partial charge is 0.257 e. The van der Waals surface area contributed by atoms with Crippen LogP contribution in [0.25, 0.3) is 11.3 Å². The van der Waals surface area contributed by atoms with Crippen LogP contribution in [0.5, 0.6) is 0 Å². The molecule has 0 spiro atoms. The van der Waals surface area contributed by atoms with Crippen LogP contribution >= 0.6 is 11.3 Å². The van der Waals surface area contributed by atoms with Crippen LogP contribution in [-0.4, -0.2) is 49.9 Å². The number of anilines is 1. The van der Waals surface area contributed by atoms with E-state index in [4.69, 9.17) is 4.74 Å². The van der Waals surface area contributed by atoms with Crippen LogP contribution in [0.2, 0.25) is 0 Å². The summed E-state index contributed by atoms with van der Waals surface area (Å²) < 4.78 is 58.9. The summed E-state index contributed by atoms with van der Waals surface area (Å²) >= 11 is 1.13. The number of nitrogens with one attached hydrogen (secondary N) is 1. The average molecular weight is 494 g/mol. The molecule has 2 heterocycles. The van der Waals surface area contributed by atoms with Crippen molar-refractivity contribution < 1.29 is 26.7 Å². The second-order valence-corrected chi connectivity index (χ2v) is 10.5. The number of benzene rings is 2. The van der Waals surface area contributed by atoms with Gasteiger partial charge in [-0.05, 0) is 55.3 Å². The third-order valence-corrected chi connectivity index (χ3v) is 7.84. The van der Waals surface area contributed by atoms with Crippen molar-refractivity contribution >= 4 is 32.4 Å². The van der Waals surface area contributed by atoms with Crippen LogP contribution < -0.4 is 5.32 Å². The molecule has 3 aromatic rings. The minimum atomic E-state index is -3.71. The fraction of sp³-hybridized carbons (Fsp3) is 0.273. The van der Waals surface area contributed by atoms with Gasteiger partial charge in [-0.3, -0.25) is 10.1 Å². The Kier molecular flexibility index (Phi) is 6.84. The van der Waals surface area contributed by atoms with Crippen LogP contribution in [-0.2, 0) is 14.8 Å². The third-order valence-electron chi connectivity index (χ3n) is 5.25. The molecule has 1 aliphatic heterocycles. The second kappa shape index (κ2) is 9.64. The zero-order chi connectivity index (χ0) is 23.6. The van der Waals surface area contributed by atoms with E-state index in [1.54, 1.807) is 5.38 Å². The standard InChI is InChI=1S/C22H21F2N3O4S2/c1-27(12-16-3-2-10-31-16)33(29,30)17-7-4-14(5-8-17)21(28)26-22-25-20(13-32-22)15-6-9-18(23)19(24)11-15/h4-9,11,13,16H,2-3,10,12H2,1H3,(H,25,26,28). The number of ether oxygens (including phenoxy) is 1. The maximum absolute atomic E-state index is 13.4. The zero-order valence-corrected chi connectivity index (χ0v) is 19.3. The molecule has 0 saturated carbocycles. The lowest BCUT2D eigenvalue weighted by molar-refractivity contribution is 0.0979.